The second kappa shape index (κ2) is 15.8. The minimum Gasteiger partial charge on any atom is -0.335 e. The van der Waals surface area contributed by atoms with Crippen molar-refractivity contribution in [2.75, 3.05) is 9.80 Å². The Morgan fingerprint density at radius 1 is 0.667 bits per heavy atom. The smallest absolute Gasteiger partial charge is 0.247 e. The van der Waals surface area contributed by atoms with Crippen LogP contribution in [0.1, 0.15) is 156 Å². The standard InChI is InChI=1S/C67H76BN3S/c1-39-32-42(63(4,5)6)24-28-52(39)69(53-29-25-43(33-40(53)2)64(7,8)9)45-26-27-50-55(37-45)70(54-38-49-48(34-41(54)3)66(13,14)30-31-67(49,15)16)56-35-44(65(10,11)12)36-57-59(56)68(50)51-22-19-21-47-60(51)71(57)61-46-20-17-18-23-58(46)72-62(47)61/h17-24,26-29,32-36,38,43,55H,25,30-31,37H2,1-16H3. The maximum absolute atomic E-state index is 2.87. The topological polar surface area (TPSA) is 11.4 Å². The number of anilines is 3. The molecule has 4 heterocycles. The minimum absolute atomic E-state index is 0.0535. The van der Waals surface area contributed by atoms with Gasteiger partial charge in [0.2, 0.25) is 6.71 Å². The van der Waals surface area contributed by atoms with Gasteiger partial charge in [0, 0.05) is 56.0 Å². The first-order valence-corrected chi connectivity index (χ1v) is 27.9. The number of hydrogen-bond donors (Lipinski definition) is 0. The number of fused-ring (bicyclic) bond motifs is 10. The van der Waals surface area contributed by atoms with E-state index in [0.717, 1.165) is 12.8 Å². The summed E-state index contributed by atoms with van der Waals surface area (Å²) < 4.78 is 5.46. The first-order chi connectivity index (χ1) is 33.8. The third-order valence-corrected chi connectivity index (χ3v) is 19.3. The van der Waals surface area contributed by atoms with Crippen molar-refractivity contribution < 1.29 is 0 Å². The molecule has 368 valence electrons. The van der Waals surface area contributed by atoms with E-state index in [0.29, 0.717) is 5.92 Å². The largest absolute Gasteiger partial charge is 0.335 e. The van der Waals surface area contributed by atoms with Gasteiger partial charge < -0.3 is 14.4 Å². The number of rotatable bonds is 4. The zero-order chi connectivity index (χ0) is 50.9. The van der Waals surface area contributed by atoms with Gasteiger partial charge in [-0.1, -0.05) is 168 Å². The Hall–Kier alpha value is -5.52. The number of allylic oxidation sites excluding steroid dienone is 5. The van der Waals surface area contributed by atoms with E-state index < -0.39 is 0 Å². The lowest BCUT2D eigenvalue weighted by molar-refractivity contribution is 0.291. The van der Waals surface area contributed by atoms with E-state index in [1.807, 2.05) is 11.3 Å². The quantitative estimate of drug-likeness (QED) is 0.163. The molecular weight excluding hydrogens is 890 g/mol. The molecule has 3 nitrogen and oxygen atoms in total. The molecule has 0 spiro atoms. The molecule has 5 aliphatic rings. The van der Waals surface area contributed by atoms with Crippen LogP contribution in [-0.4, -0.2) is 17.3 Å². The molecule has 0 radical (unpaired) electrons. The van der Waals surface area contributed by atoms with Crippen LogP contribution >= 0.6 is 11.3 Å². The first kappa shape index (κ1) is 47.5. The summed E-state index contributed by atoms with van der Waals surface area (Å²) in [7, 11) is 0. The van der Waals surface area contributed by atoms with Crippen molar-refractivity contribution >= 4 is 77.2 Å². The minimum atomic E-state index is -0.0911. The van der Waals surface area contributed by atoms with E-state index in [1.54, 1.807) is 0 Å². The van der Waals surface area contributed by atoms with Crippen LogP contribution in [0.2, 0.25) is 0 Å². The fourth-order valence-electron chi connectivity index (χ4n) is 13.6. The predicted molar refractivity (Wildman–Crippen MR) is 315 cm³/mol. The maximum atomic E-state index is 2.87. The number of nitrogens with zero attached hydrogens (tertiary/aromatic N) is 3. The van der Waals surface area contributed by atoms with Crippen LogP contribution in [0.25, 0.3) is 36.9 Å². The maximum Gasteiger partial charge on any atom is 0.247 e. The number of para-hydroxylation sites is 1. The van der Waals surface area contributed by atoms with Crippen molar-refractivity contribution in [3.05, 3.63) is 165 Å². The fourth-order valence-corrected chi connectivity index (χ4v) is 14.8. The Morgan fingerprint density at radius 3 is 2.03 bits per heavy atom. The lowest BCUT2D eigenvalue weighted by Crippen LogP contribution is -2.60. The van der Waals surface area contributed by atoms with Crippen LogP contribution in [0.15, 0.2) is 132 Å². The highest BCUT2D eigenvalue weighted by Crippen LogP contribution is 2.53. The summed E-state index contributed by atoms with van der Waals surface area (Å²) in [5.74, 6) is 0.485. The van der Waals surface area contributed by atoms with Crippen molar-refractivity contribution in [2.24, 2.45) is 11.3 Å². The second-order valence-corrected chi connectivity index (χ2v) is 28.1. The van der Waals surface area contributed by atoms with Crippen molar-refractivity contribution in [3.63, 3.8) is 0 Å². The zero-order valence-corrected chi connectivity index (χ0v) is 47.0. The highest BCUT2D eigenvalue weighted by Gasteiger charge is 2.49. The van der Waals surface area contributed by atoms with Gasteiger partial charge in [-0.3, -0.25) is 0 Å². The molecule has 2 atom stereocenters. The van der Waals surface area contributed by atoms with Crippen molar-refractivity contribution in [3.8, 4) is 5.69 Å². The van der Waals surface area contributed by atoms with Crippen LogP contribution in [0.5, 0.6) is 0 Å². The number of aryl methyl sites for hydroxylation is 2. The number of benzene rings is 5. The van der Waals surface area contributed by atoms with E-state index >= 15 is 0 Å². The van der Waals surface area contributed by atoms with Crippen LogP contribution in [0.3, 0.4) is 0 Å². The number of aromatic nitrogens is 1. The molecule has 2 aromatic heterocycles. The van der Waals surface area contributed by atoms with Gasteiger partial charge in [-0.25, -0.2) is 0 Å². The van der Waals surface area contributed by atoms with Crippen LogP contribution in [0.4, 0.5) is 17.1 Å². The van der Waals surface area contributed by atoms with Gasteiger partial charge in [-0.2, -0.15) is 0 Å². The number of thiophene rings is 1. The third-order valence-electron chi connectivity index (χ3n) is 18.1. The summed E-state index contributed by atoms with van der Waals surface area (Å²) in [5, 5.41) is 2.72. The molecule has 12 rings (SSSR count). The average Bonchev–Trinajstić information content (AvgIpc) is 3.85. The van der Waals surface area contributed by atoms with Crippen molar-refractivity contribution in [1.82, 2.24) is 4.57 Å². The van der Waals surface area contributed by atoms with Gasteiger partial charge in [0.25, 0.3) is 0 Å². The van der Waals surface area contributed by atoms with Gasteiger partial charge in [0.1, 0.15) is 0 Å². The summed E-state index contributed by atoms with van der Waals surface area (Å²) in [6.07, 6.45) is 14.5. The van der Waals surface area contributed by atoms with E-state index in [9.17, 15) is 0 Å². The van der Waals surface area contributed by atoms with Gasteiger partial charge in [0.15, 0.2) is 0 Å². The Labute approximate surface area is 435 Å². The molecule has 0 saturated heterocycles. The molecule has 0 saturated carbocycles. The third kappa shape index (κ3) is 7.09. The first-order valence-electron chi connectivity index (χ1n) is 27.1. The molecule has 5 aromatic carbocycles. The molecular formula is C67H76BN3S. The van der Waals surface area contributed by atoms with E-state index in [1.165, 1.54) is 134 Å². The average molecular weight is 966 g/mol. The Kier molecular flexibility index (Phi) is 10.4. The van der Waals surface area contributed by atoms with Crippen molar-refractivity contribution in [1.29, 1.82) is 0 Å². The molecule has 0 N–H and O–H groups in total. The molecule has 0 fully saturated rings. The molecule has 0 amide bonds. The van der Waals surface area contributed by atoms with E-state index in [4.69, 9.17) is 0 Å². The van der Waals surface area contributed by atoms with Gasteiger partial charge >= 0.3 is 0 Å². The monoisotopic (exact) mass is 966 g/mol. The molecule has 0 bridgehead atoms. The lowest BCUT2D eigenvalue weighted by Gasteiger charge is -2.50. The summed E-state index contributed by atoms with van der Waals surface area (Å²) >= 11 is 1.96. The van der Waals surface area contributed by atoms with Gasteiger partial charge in [-0.15, -0.1) is 11.3 Å². The Morgan fingerprint density at radius 2 is 1.35 bits per heavy atom. The molecule has 3 aliphatic carbocycles. The van der Waals surface area contributed by atoms with Gasteiger partial charge in [-0.05, 0) is 159 Å². The van der Waals surface area contributed by atoms with Crippen molar-refractivity contribution in [2.45, 2.75) is 164 Å². The van der Waals surface area contributed by atoms with E-state index in [-0.39, 0.29) is 39.8 Å². The molecule has 2 aliphatic heterocycles. The van der Waals surface area contributed by atoms with Crippen LogP contribution in [0, 0.1) is 25.2 Å². The van der Waals surface area contributed by atoms with Gasteiger partial charge in [0.05, 0.1) is 21.8 Å². The second-order valence-electron chi connectivity index (χ2n) is 27.1. The van der Waals surface area contributed by atoms with Crippen LogP contribution < -0.4 is 20.7 Å². The zero-order valence-electron chi connectivity index (χ0n) is 46.2. The fraction of sp³-hybridized carbons (Fsp3) is 0.403. The lowest BCUT2D eigenvalue weighted by atomic mass is 9.31. The summed E-state index contributed by atoms with van der Waals surface area (Å²) in [6.45, 7) is 38.6. The highest BCUT2D eigenvalue weighted by atomic mass is 32.1. The highest BCUT2D eigenvalue weighted by molar-refractivity contribution is 7.26. The SMILES string of the molecule is CC1=CC(C(C)(C)C)CC=C1N(C1=CC=C2B3c4c(cc(C(C)(C)C)cc4-n4c5c3cccc5c3sc5ccccc5c34)N(c3cc4c(cc3C)C(C)(C)CCC4(C)C)C2C1)c1ccc(C(C)(C)C)cc1C. The summed E-state index contributed by atoms with van der Waals surface area (Å²) in [5.41, 5.74) is 25.3. The molecule has 72 heavy (non-hydrogen) atoms. The number of hydrogen-bond acceptors (Lipinski definition) is 3. The van der Waals surface area contributed by atoms with Crippen LogP contribution in [-0.2, 0) is 21.7 Å². The Balaban J connectivity index is 1.16. The normalized spacial score (nSPS) is 20.2. The molecule has 7 aromatic rings. The Bertz CT molecular complexity index is 3590. The summed E-state index contributed by atoms with van der Waals surface area (Å²) in [4.78, 5) is 5.55. The molecule has 2 unspecified atom stereocenters. The predicted octanol–water partition coefficient (Wildman–Crippen LogP) is 17.2. The van der Waals surface area contributed by atoms with E-state index in [2.05, 4.69) is 234 Å². The molecule has 5 heteroatoms. The summed E-state index contributed by atoms with van der Waals surface area (Å²) in [6, 6.07) is 34.1.